The molecule has 0 amide bonds. The molecule has 12 heteroatoms. The Bertz CT molecular complexity index is 56.4. The van der Waals surface area contributed by atoms with E-state index in [4.69, 9.17) is 0 Å². The molecule has 12 heavy (non-hydrogen) atoms. The highest BCUT2D eigenvalue weighted by Crippen LogP contribution is 1.57. The summed E-state index contributed by atoms with van der Waals surface area (Å²) >= 11 is 0. The van der Waals surface area contributed by atoms with Crippen molar-refractivity contribution in [2.75, 3.05) is 0 Å². The Morgan fingerprint density at radius 1 is 0.417 bits per heavy atom. The highest BCUT2D eigenvalue weighted by Gasteiger charge is 1.94. The van der Waals surface area contributed by atoms with Gasteiger partial charge in [-0.2, -0.15) is 0 Å². The first kappa shape index (κ1) is 14.6. The van der Waals surface area contributed by atoms with Crippen LogP contribution in [-0.2, 0) is 0 Å². The van der Waals surface area contributed by atoms with Crippen LogP contribution in [0.2, 0.25) is 0 Å². The van der Waals surface area contributed by atoms with Gasteiger partial charge in [-0.25, -0.2) is 0 Å². The van der Waals surface area contributed by atoms with Crippen molar-refractivity contribution in [1.82, 2.24) is 0 Å². The van der Waals surface area contributed by atoms with Crippen LogP contribution in [-0.4, -0.2) is 105 Å². The number of hydrogen-bond donors (Lipinski definition) is 0. The van der Waals surface area contributed by atoms with E-state index < -0.39 is 0 Å². The lowest BCUT2D eigenvalue weighted by Gasteiger charge is -1.95. The van der Waals surface area contributed by atoms with Gasteiger partial charge in [-0.15, -0.1) is 0 Å². The fourth-order valence-corrected chi connectivity index (χ4v) is 379. The summed E-state index contributed by atoms with van der Waals surface area (Å²) in [5, 5.41) is 0. The monoisotopic (exact) mass is 362 g/mol. The lowest BCUT2D eigenvalue weighted by Crippen LogP contribution is -2.32. The van der Waals surface area contributed by atoms with Gasteiger partial charge in [-0.3, -0.25) is 0 Å². The second-order valence-corrected chi connectivity index (χ2v) is 103. The van der Waals surface area contributed by atoms with Crippen LogP contribution < -0.4 is 0 Å². The molecule has 74 valence electrons. The smallest absolute Gasteiger partial charge is 0.00934 e. The minimum atomic E-state index is 0.815. The van der Waals surface area contributed by atoms with Crippen LogP contribution in [0.1, 0.15) is 0 Å². The van der Waals surface area contributed by atoms with E-state index in [1.807, 2.05) is 0 Å². The third kappa shape index (κ3) is 12.6. The second kappa shape index (κ2) is 13.6. The Hall–Kier alpha value is 2.60. The van der Waals surface area contributed by atoms with E-state index in [1.54, 1.807) is 19.5 Å². The molecule has 0 aromatic carbocycles. The van der Waals surface area contributed by atoms with Crippen molar-refractivity contribution < 1.29 is 0 Å². The molecule has 0 saturated carbocycles. The lowest BCUT2D eigenvalue weighted by molar-refractivity contribution is 3.81. The Balaban J connectivity index is 2.73. The first-order valence-electron chi connectivity index (χ1n) is 5.91. The molecule has 0 aromatic heterocycles. The minimum Gasteiger partial charge on any atom is -0.0120 e. The Kier molecular flexibility index (Phi) is 16.6. The van der Waals surface area contributed by atoms with Gasteiger partial charge in [-0.1, -0.05) is 0 Å². The van der Waals surface area contributed by atoms with Crippen molar-refractivity contribution in [3.63, 3.8) is 0 Å². The SMILES string of the molecule is [SiH3][SiH2][SiH2][SiH2][SiH2][SiH2][SiH2][SiH2][SiH2][SiH2][SiH2][SiH3]. The standard InChI is InChI=1S/H26Si12/c1-3-5-7-9-11-12-10-8-6-4-2/h3-12H2,1-2H3. The maximum Gasteiger partial charge on any atom is -0.00934 e. The number of hydrogen-bond acceptors (Lipinski definition) is 0. The van der Waals surface area contributed by atoms with Crippen molar-refractivity contribution >= 4 is 105 Å². The van der Waals surface area contributed by atoms with Crippen LogP contribution in [0.15, 0.2) is 0 Å². The van der Waals surface area contributed by atoms with E-state index in [0.29, 0.717) is 0 Å². The summed E-state index contributed by atoms with van der Waals surface area (Å²) < 4.78 is 0. The summed E-state index contributed by atoms with van der Waals surface area (Å²) in [5.74, 6) is 0. The molecule has 0 fully saturated rings. The predicted molar refractivity (Wildman–Crippen MR) is 105 cm³/mol. The number of rotatable bonds is 9. The average molecular weight is 363 g/mol. The molecule has 0 aromatic rings. The van der Waals surface area contributed by atoms with Gasteiger partial charge in [0.15, 0.2) is 0 Å². The average Bonchev–Trinajstić information content (AvgIpc) is 2.10. The van der Waals surface area contributed by atoms with Gasteiger partial charge < -0.3 is 0 Å². The van der Waals surface area contributed by atoms with Crippen molar-refractivity contribution in [3.8, 4) is 0 Å². The van der Waals surface area contributed by atoms with Gasteiger partial charge in [0.05, 0.1) is 0 Å². The summed E-state index contributed by atoms with van der Waals surface area (Å²) in [6.07, 6.45) is 0. The molecule has 0 heterocycles. The third-order valence-electron chi connectivity index (χ3n) is 2.46. The molecular weight excluding hydrogens is 337 g/mol. The minimum absolute atomic E-state index is 0.815. The first-order chi connectivity index (χ1) is 5.91. The van der Waals surface area contributed by atoms with Crippen LogP contribution in [0.5, 0.6) is 0 Å². The normalized spacial score (nSPS) is 21.0. The van der Waals surface area contributed by atoms with Crippen molar-refractivity contribution in [1.29, 1.82) is 0 Å². The lowest BCUT2D eigenvalue weighted by atomic mass is 26.1. The van der Waals surface area contributed by atoms with E-state index in [-0.39, 0.29) is 0 Å². The molecule has 0 unspecified atom stereocenters. The van der Waals surface area contributed by atoms with Crippen LogP contribution in [0.4, 0.5) is 0 Å². The van der Waals surface area contributed by atoms with E-state index in [9.17, 15) is 0 Å². The van der Waals surface area contributed by atoms with E-state index in [1.165, 1.54) is 0 Å². The van der Waals surface area contributed by atoms with E-state index in [0.717, 1.165) is 85.5 Å². The summed E-state index contributed by atoms with van der Waals surface area (Å²) in [7, 11) is 12.3. The van der Waals surface area contributed by atoms with Gasteiger partial charge in [0.1, 0.15) is 0 Å². The van der Waals surface area contributed by atoms with Crippen molar-refractivity contribution in [2.24, 2.45) is 0 Å². The molecule has 0 atom stereocenters. The second-order valence-electron chi connectivity index (χ2n) is 3.83. The molecule has 0 nitrogen and oxygen atoms in total. The largest absolute Gasteiger partial charge is 0.0120 e. The fourth-order valence-electron chi connectivity index (χ4n) is 1.56. The molecule has 0 aliphatic carbocycles. The summed E-state index contributed by atoms with van der Waals surface area (Å²) in [4.78, 5) is 0. The van der Waals surface area contributed by atoms with Gasteiger partial charge in [0, 0.05) is 0 Å². The highest BCUT2D eigenvalue weighted by molar-refractivity contribution is 7.70. The van der Waals surface area contributed by atoms with Crippen LogP contribution in [0.25, 0.3) is 0 Å². The maximum absolute atomic E-state index is 1.72. The zero-order valence-corrected chi connectivity index (χ0v) is 27.2. The van der Waals surface area contributed by atoms with E-state index >= 15 is 0 Å². The van der Waals surface area contributed by atoms with Crippen molar-refractivity contribution in [2.45, 2.75) is 0 Å². The molecule has 0 radical (unpaired) electrons. The van der Waals surface area contributed by atoms with Gasteiger partial charge in [0.2, 0.25) is 0 Å². The fraction of sp³-hybridized carbons (Fsp3) is 0. The van der Waals surface area contributed by atoms with Gasteiger partial charge >= 0.3 is 0 Å². The van der Waals surface area contributed by atoms with Crippen LogP contribution in [0.3, 0.4) is 0 Å². The molecule has 0 N–H and O–H groups in total. The molecular formula is H26Si12. The molecule has 0 saturated heterocycles. The van der Waals surface area contributed by atoms with Gasteiger partial charge in [-0.05, 0) is 105 Å². The summed E-state index contributed by atoms with van der Waals surface area (Å²) in [6.45, 7) is 0. The maximum atomic E-state index is 1.72. The molecule has 0 spiro atoms. The quantitative estimate of drug-likeness (QED) is 0.282. The summed E-state index contributed by atoms with van der Waals surface area (Å²) in [6, 6.07) is 0. The molecule has 0 aliphatic rings. The first-order valence-corrected chi connectivity index (χ1v) is 53.2. The van der Waals surface area contributed by atoms with Crippen LogP contribution in [0, 0.1) is 0 Å². The Labute approximate surface area is 104 Å². The summed E-state index contributed by atoms with van der Waals surface area (Å²) in [5.41, 5.74) is 0. The van der Waals surface area contributed by atoms with E-state index in [2.05, 4.69) is 0 Å². The highest BCUT2D eigenvalue weighted by atomic mass is 30.0. The predicted octanol–water partition coefficient (Wildman–Crippen LogP) is -11.5. The zero-order valence-electron chi connectivity index (χ0n) is 9.07. The van der Waals surface area contributed by atoms with Crippen LogP contribution >= 0.6 is 0 Å². The Morgan fingerprint density at radius 2 is 0.667 bits per heavy atom. The van der Waals surface area contributed by atoms with Crippen molar-refractivity contribution in [3.05, 3.63) is 0 Å². The molecule has 0 aliphatic heterocycles. The topological polar surface area (TPSA) is 0 Å². The Morgan fingerprint density at radius 3 is 0.917 bits per heavy atom. The van der Waals surface area contributed by atoms with Gasteiger partial charge in [0.25, 0.3) is 0 Å². The molecule has 0 rings (SSSR count). The zero-order chi connectivity index (χ0) is 9.07. The molecule has 0 bridgehead atoms. The third-order valence-corrected chi connectivity index (χ3v) is 199.